The highest BCUT2D eigenvalue weighted by Gasteiger charge is 2.32. The maximum Gasteiger partial charge on any atom is 0.251 e. The molecule has 2 atom stereocenters. The minimum atomic E-state index is -0.244. The molecule has 8 nitrogen and oxygen atoms in total. The summed E-state index contributed by atoms with van der Waals surface area (Å²) in [7, 11) is 0. The maximum atomic E-state index is 12.6. The van der Waals surface area contributed by atoms with Gasteiger partial charge in [-0.05, 0) is 59.1 Å². The first-order valence-corrected chi connectivity index (χ1v) is 11.4. The first-order chi connectivity index (χ1) is 15.7. The molecule has 1 aliphatic rings. The third-order valence-corrected chi connectivity index (χ3v) is 5.87. The van der Waals surface area contributed by atoms with Crippen LogP contribution in [0.4, 0.5) is 5.82 Å². The van der Waals surface area contributed by atoms with Gasteiger partial charge >= 0.3 is 0 Å². The van der Waals surface area contributed by atoms with Gasteiger partial charge in [-0.1, -0.05) is 23.4 Å². The smallest absolute Gasteiger partial charge is 0.251 e. The SMILES string of the molecule is Cc1cc(CC(=O)Nc2cc([C@@H]3CC[C@H](NC(=O)c4ccccc4)C3)n(C(C)(C)C)n2)on1. The van der Waals surface area contributed by atoms with Gasteiger partial charge in [0, 0.05) is 35.3 Å². The number of rotatable bonds is 6. The lowest BCUT2D eigenvalue weighted by atomic mass is 10.0. The van der Waals surface area contributed by atoms with Gasteiger partial charge in [-0.2, -0.15) is 5.10 Å². The summed E-state index contributed by atoms with van der Waals surface area (Å²) in [5, 5.41) is 14.6. The van der Waals surface area contributed by atoms with Gasteiger partial charge in [0.05, 0.1) is 17.7 Å². The van der Waals surface area contributed by atoms with Crippen molar-refractivity contribution in [3.05, 3.63) is 65.2 Å². The largest absolute Gasteiger partial charge is 0.361 e. The summed E-state index contributed by atoms with van der Waals surface area (Å²) in [4.78, 5) is 25.1. The fourth-order valence-electron chi connectivity index (χ4n) is 4.37. The number of carbonyl (C=O) groups is 2. The Balaban J connectivity index is 1.45. The van der Waals surface area contributed by atoms with Crippen LogP contribution >= 0.6 is 0 Å². The highest BCUT2D eigenvalue weighted by molar-refractivity contribution is 5.94. The molecular weight excluding hydrogens is 418 g/mol. The van der Waals surface area contributed by atoms with E-state index in [1.54, 1.807) is 6.07 Å². The molecule has 2 heterocycles. The standard InChI is InChI=1S/C25H31N5O3/c1-16-12-20(33-29-16)14-23(31)27-22-15-21(30(28-22)25(2,3)4)18-10-11-19(13-18)26-24(32)17-8-6-5-7-9-17/h5-9,12,15,18-19H,10-11,13-14H2,1-4H3,(H,26,32)(H,27,28,31)/t18-,19+/m1/s1. The Kier molecular flexibility index (Phi) is 6.35. The number of nitrogens with zero attached hydrogens (tertiary/aromatic N) is 3. The predicted molar refractivity (Wildman–Crippen MR) is 125 cm³/mol. The summed E-state index contributed by atoms with van der Waals surface area (Å²) in [5.74, 6) is 1.06. The van der Waals surface area contributed by atoms with Gasteiger partial charge in [0.25, 0.3) is 5.91 Å². The Labute approximate surface area is 193 Å². The minimum Gasteiger partial charge on any atom is -0.361 e. The Hall–Kier alpha value is -3.42. The summed E-state index contributed by atoms with van der Waals surface area (Å²) < 4.78 is 7.13. The molecule has 0 unspecified atom stereocenters. The van der Waals surface area contributed by atoms with E-state index in [0.717, 1.165) is 30.7 Å². The van der Waals surface area contributed by atoms with Gasteiger partial charge in [-0.3, -0.25) is 14.3 Å². The van der Waals surface area contributed by atoms with E-state index in [-0.39, 0.29) is 35.7 Å². The van der Waals surface area contributed by atoms with Gasteiger partial charge in [0.1, 0.15) is 5.76 Å². The van der Waals surface area contributed by atoms with Gasteiger partial charge in [0.2, 0.25) is 5.91 Å². The van der Waals surface area contributed by atoms with Crippen molar-refractivity contribution in [3.63, 3.8) is 0 Å². The lowest BCUT2D eigenvalue weighted by Gasteiger charge is -2.25. The number of hydrogen-bond acceptors (Lipinski definition) is 5. The van der Waals surface area contributed by atoms with E-state index in [0.29, 0.717) is 17.1 Å². The number of amides is 2. The highest BCUT2D eigenvalue weighted by atomic mass is 16.5. The van der Waals surface area contributed by atoms with Crippen LogP contribution in [-0.4, -0.2) is 32.8 Å². The first-order valence-electron chi connectivity index (χ1n) is 11.4. The van der Waals surface area contributed by atoms with Crippen molar-refractivity contribution in [3.8, 4) is 0 Å². The van der Waals surface area contributed by atoms with Crippen molar-refractivity contribution in [2.75, 3.05) is 5.32 Å². The molecule has 0 spiro atoms. The maximum absolute atomic E-state index is 12.6. The molecule has 2 N–H and O–H groups in total. The molecule has 0 bridgehead atoms. The fourth-order valence-corrected chi connectivity index (χ4v) is 4.37. The number of anilines is 1. The lowest BCUT2D eigenvalue weighted by molar-refractivity contribution is -0.115. The predicted octanol–water partition coefficient (Wildman–Crippen LogP) is 4.18. The molecule has 1 aromatic carbocycles. The third-order valence-electron chi connectivity index (χ3n) is 5.87. The van der Waals surface area contributed by atoms with Crippen LogP contribution in [0.3, 0.4) is 0 Å². The number of carbonyl (C=O) groups excluding carboxylic acids is 2. The summed E-state index contributed by atoms with van der Waals surface area (Å²) in [6, 6.07) is 13.1. The number of hydrogen-bond donors (Lipinski definition) is 2. The van der Waals surface area contributed by atoms with Crippen LogP contribution in [-0.2, 0) is 16.8 Å². The van der Waals surface area contributed by atoms with Gasteiger partial charge in [-0.25, -0.2) is 0 Å². The Bertz CT molecular complexity index is 1130. The lowest BCUT2D eigenvalue weighted by Crippen LogP contribution is -2.33. The zero-order valence-electron chi connectivity index (χ0n) is 19.6. The zero-order valence-corrected chi connectivity index (χ0v) is 19.6. The van der Waals surface area contributed by atoms with Crippen LogP contribution in [0.25, 0.3) is 0 Å². The first kappa shape index (κ1) is 22.8. The van der Waals surface area contributed by atoms with Crippen molar-refractivity contribution in [1.82, 2.24) is 20.3 Å². The number of nitrogens with one attached hydrogen (secondary N) is 2. The Morgan fingerprint density at radius 2 is 1.91 bits per heavy atom. The van der Waals surface area contributed by atoms with Crippen molar-refractivity contribution >= 4 is 17.6 Å². The summed E-state index contributed by atoms with van der Waals surface area (Å²) in [6.45, 7) is 8.10. The quantitative estimate of drug-likeness (QED) is 0.588. The molecule has 0 radical (unpaired) electrons. The van der Waals surface area contributed by atoms with E-state index >= 15 is 0 Å². The van der Waals surface area contributed by atoms with E-state index < -0.39 is 0 Å². The topological polar surface area (TPSA) is 102 Å². The number of benzene rings is 1. The van der Waals surface area contributed by atoms with E-state index in [2.05, 4.69) is 36.6 Å². The molecule has 174 valence electrons. The molecular formula is C25H31N5O3. The molecule has 2 amide bonds. The van der Waals surface area contributed by atoms with E-state index in [9.17, 15) is 9.59 Å². The third kappa shape index (κ3) is 5.50. The molecule has 2 aromatic heterocycles. The van der Waals surface area contributed by atoms with Crippen molar-refractivity contribution in [2.24, 2.45) is 0 Å². The molecule has 1 aliphatic carbocycles. The van der Waals surface area contributed by atoms with Gasteiger partial charge in [-0.15, -0.1) is 0 Å². The van der Waals surface area contributed by atoms with Crippen LogP contribution < -0.4 is 10.6 Å². The number of aromatic nitrogens is 3. The van der Waals surface area contributed by atoms with Crippen molar-refractivity contribution in [1.29, 1.82) is 0 Å². The van der Waals surface area contributed by atoms with Gasteiger partial charge in [0.15, 0.2) is 5.82 Å². The average Bonchev–Trinajstić information content (AvgIpc) is 3.48. The van der Waals surface area contributed by atoms with Crippen LogP contribution in [0.1, 0.15) is 73.5 Å². The van der Waals surface area contributed by atoms with E-state index in [4.69, 9.17) is 9.62 Å². The molecule has 8 heteroatoms. The molecule has 4 rings (SSSR count). The van der Waals surface area contributed by atoms with Gasteiger partial charge < -0.3 is 15.2 Å². The zero-order chi connectivity index (χ0) is 23.6. The molecule has 33 heavy (non-hydrogen) atoms. The molecule has 3 aromatic rings. The molecule has 1 saturated carbocycles. The van der Waals surface area contributed by atoms with Crippen LogP contribution in [0.15, 0.2) is 47.0 Å². The average molecular weight is 450 g/mol. The highest BCUT2D eigenvalue weighted by Crippen LogP contribution is 2.37. The molecule has 0 saturated heterocycles. The molecule has 0 aliphatic heterocycles. The Morgan fingerprint density at radius 1 is 1.15 bits per heavy atom. The van der Waals surface area contributed by atoms with E-state index in [1.165, 1.54) is 0 Å². The Morgan fingerprint density at radius 3 is 2.58 bits per heavy atom. The van der Waals surface area contributed by atoms with Crippen molar-refractivity contribution in [2.45, 2.75) is 70.9 Å². The monoisotopic (exact) mass is 449 g/mol. The minimum absolute atomic E-state index is 0.0406. The van der Waals surface area contributed by atoms with Crippen LogP contribution in [0, 0.1) is 6.92 Å². The second-order valence-electron chi connectivity index (χ2n) is 9.74. The number of aryl methyl sites for hydroxylation is 1. The normalized spacial score (nSPS) is 18.3. The second-order valence-corrected chi connectivity index (χ2v) is 9.74. The second kappa shape index (κ2) is 9.21. The summed E-state index contributed by atoms with van der Waals surface area (Å²) in [5.41, 5.74) is 2.25. The summed E-state index contributed by atoms with van der Waals surface area (Å²) >= 11 is 0. The van der Waals surface area contributed by atoms with Crippen LogP contribution in [0.2, 0.25) is 0 Å². The van der Waals surface area contributed by atoms with Crippen LogP contribution in [0.5, 0.6) is 0 Å². The molecule has 1 fully saturated rings. The summed E-state index contributed by atoms with van der Waals surface area (Å²) in [6.07, 6.45) is 2.80. The fraction of sp³-hybridized carbons (Fsp3) is 0.440. The van der Waals surface area contributed by atoms with Crippen molar-refractivity contribution < 1.29 is 14.1 Å². The van der Waals surface area contributed by atoms with E-state index in [1.807, 2.05) is 48.0 Å².